The first kappa shape index (κ1) is 17.3. The monoisotopic (exact) mass is 370 g/mol. The number of hydrogen-bond donors (Lipinski definition) is 2. The molecular weight excluding hydrogens is 356 g/mol. The lowest BCUT2D eigenvalue weighted by molar-refractivity contribution is 0.102. The molecule has 3 rings (SSSR count). The van der Waals surface area contributed by atoms with Gasteiger partial charge in [0, 0.05) is 16.8 Å². The maximum absolute atomic E-state index is 12.2. The van der Waals surface area contributed by atoms with Gasteiger partial charge in [0.05, 0.1) is 22.6 Å². The molecule has 0 bridgehead atoms. The highest BCUT2D eigenvalue weighted by Gasteiger charge is 2.08. The van der Waals surface area contributed by atoms with Crippen LogP contribution in [0.15, 0.2) is 65.8 Å². The van der Waals surface area contributed by atoms with Crippen LogP contribution >= 0.6 is 23.5 Å². The largest absolute Gasteiger partial charge is 0.324 e. The zero-order valence-corrected chi connectivity index (χ0v) is 14.9. The number of para-hydroxylation sites is 1. The Hall–Kier alpha value is -2.57. The summed E-state index contributed by atoms with van der Waals surface area (Å²) in [5.74, 6) is -0.297. The van der Waals surface area contributed by atoms with Gasteiger partial charge in [0.25, 0.3) is 5.91 Å². The third kappa shape index (κ3) is 4.71. The van der Waals surface area contributed by atoms with Crippen molar-refractivity contribution in [2.75, 3.05) is 10.0 Å². The minimum Gasteiger partial charge on any atom is -0.324 e. The van der Waals surface area contributed by atoms with Crippen LogP contribution in [0.4, 0.5) is 11.4 Å². The first-order chi connectivity index (χ1) is 12.1. The number of anilines is 2. The summed E-state index contributed by atoms with van der Waals surface area (Å²) in [6.07, 6.45) is 3.02. The van der Waals surface area contributed by atoms with Crippen molar-refractivity contribution < 1.29 is 4.79 Å². The fourth-order valence-electron chi connectivity index (χ4n) is 2.00. The summed E-state index contributed by atoms with van der Waals surface area (Å²) < 4.78 is 3.20. The molecule has 0 saturated carbocycles. The lowest BCUT2D eigenvalue weighted by Gasteiger charge is -2.09. The molecule has 0 radical (unpaired) electrons. The second kappa shape index (κ2) is 8.00. The van der Waals surface area contributed by atoms with E-state index in [9.17, 15) is 4.79 Å². The Kier molecular flexibility index (Phi) is 5.53. The van der Waals surface area contributed by atoms with Gasteiger partial charge in [-0.25, -0.2) is 4.98 Å². The van der Waals surface area contributed by atoms with E-state index in [1.165, 1.54) is 18.1 Å². The molecule has 5 nitrogen and oxygen atoms in total. The predicted octanol–water partition coefficient (Wildman–Crippen LogP) is 4.81. The van der Waals surface area contributed by atoms with Crippen LogP contribution in [0.25, 0.3) is 0 Å². The van der Waals surface area contributed by atoms with Gasteiger partial charge in [0.2, 0.25) is 0 Å². The number of amides is 1. The number of rotatable bonds is 5. The van der Waals surface area contributed by atoms with Crippen LogP contribution in [0.5, 0.6) is 0 Å². The van der Waals surface area contributed by atoms with Crippen molar-refractivity contribution in [1.29, 1.82) is 0 Å². The van der Waals surface area contributed by atoms with Gasteiger partial charge in [-0.2, -0.15) is 0 Å². The van der Waals surface area contributed by atoms with Crippen molar-refractivity contribution in [2.24, 2.45) is 0 Å². The van der Waals surface area contributed by atoms with Crippen molar-refractivity contribution in [1.82, 2.24) is 9.97 Å². The van der Waals surface area contributed by atoms with Crippen LogP contribution < -0.4 is 10.0 Å². The second-order valence-electron chi connectivity index (χ2n) is 5.21. The number of halogens is 1. The zero-order chi connectivity index (χ0) is 17.6. The van der Waals surface area contributed by atoms with Gasteiger partial charge >= 0.3 is 0 Å². The Balaban J connectivity index is 1.66. The molecule has 0 aliphatic carbocycles. The number of carbonyl (C=O) groups is 1. The standard InChI is InChI=1S/C18H15ClN4OS/c1-12-10-21-17(11-20-12)18(24)22-13-5-4-6-14(9-13)25-23-16-8-3-2-7-15(16)19/h2-11,23H,1H3,(H,22,24). The van der Waals surface area contributed by atoms with Crippen LogP contribution in [0.2, 0.25) is 5.02 Å². The van der Waals surface area contributed by atoms with Crippen molar-refractivity contribution in [3.8, 4) is 0 Å². The van der Waals surface area contributed by atoms with Gasteiger partial charge < -0.3 is 10.0 Å². The summed E-state index contributed by atoms with van der Waals surface area (Å²) in [4.78, 5) is 21.3. The molecule has 1 aromatic heterocycles. The Morgan fingerprint density at radius 1 is 1.08 bits per heavy atom. The van der Waals surface area contributed by atoms with E-state index in [1.54, 1.807) is 6.20 Å². The number of nitrogens with zero attached hydrogens (tertiary/aromatic N) is 2. The SMILES string of the molecule is Cc1cnc(C(=O)Nc2cccc(SNc3ccccc3Cl)c2)cn1. The molecule has 0 aliphatic heterocycles. The molecule has 2 N–H and O–H groups in total. The molecule has 1 heterocycles. The first-order valence-electron chi connectivity index (χ1n) is 7.49. The average molecular weight is 371 g/mol. The van der Waals surface area contributed by atoms with Gasteiger partial charge in [-0.05, 0) is 49.2 Å². The van der Waals surface area contributed by atoms with E-state index >= 15 is 0 Å². The molecular formula is C18H15ClN4OS. The van der Waals surface area contributed by atoms with Crippen LogP contribution in [0.1, 0.15) is 16.2 Å². The van der Waals surface area contributed by atoms with Gasteiger partial charge in [0.1, 0.15) is 5.69 Å². The fourth-order valence-corrected chi connectivity index (χ4v) is 2.98. The smallest absolute Gasteiger partial charge is 0.275 e. The van der Waals surface area contributed by atoms with Crippen LogP contribution in [-0.2, 0) is 0 Å². The minimum atomic E-state index is -0.297. The summed E-state index contributed by atoms with van der Waals surface area (Å²) >= 11 is 7.54. The Labute approximate surface area is 155 Å². The molecule has 1 amide bonds. The number of carbonyl (C=O) groups excluding carboxylic acids is 1. The van der Waals surface area contributed by atoms with E-state index in [0.717, 1.165) is 16.3 Å². The summed E-state index contributed by atoms with van der Waals surface area (Å²) in [5, 5.41) is 3.47. The maximum Gasteiger partial charge on any atom is 0.275 e. The number of benzene rings is 2. The molecule has 7 heteroatoms. The van der Waals surface area contributed by atoms with Crippen molar-refractivity contribution in [3.63, 3.8) is 0 Å². The maximum atomic E-state index is 12.2. The molecule has 126 valence electrons. The van der Waals surface area contributed by atoms with Gasteiger partial charge in [-0.15, -0.1) is 0 Å². The molecule has 3 aromatic rings. The quantitative estimate of drug-likeness (QED) is 0.631. The van der Waals surface area contributed by atoms with Gasteiger partial charge in [-0.1, -0.05) is 29.8 Å². The first-order valence-corrected chi connectivity index (χ1v) is 8.69. The second-order valence-corrected chi connectivity index (χ2v) is 6.50. The summed E-state index contributed by atoms with van der Waals surface area (Å²) in [5.41, 5.74) is 2.55. The molecule has 0 saturated heterocycles. The van der Waals surface area contributed by atoms with E-state index in [0.29, 0.717) is 10.7 Å². The highest BCUT2D eigenvalue weighted by Crippen LogP contribution is 2.28. The van der Waals surface area contributed by atoms with Crippen molar-refractivity contribution >= 4 is 40.8 Å². The predicted molar refractivity (Wildman–Crippen MR) is 102 cm³/mol. The lowest BCUT2D eigenvalue weighted by Crippen LogP contribution is -2.14. The Morgan fingerprint density at radius 3 is 2.68 bits per heavy atom. The fraction of sp³-hybridized carbons (Fsp3) is 0.0556. The summed E-state index contributed by atoms with van der Waals surface area (Å²) in [6.45, 7) is 1.82. The van der Waals surface area contributed by atoms with E-state index in [2.05, 4.69) is 20.0 Å². The van der Waals surface area contributed by atoms with Crippen molar-refractivity contribution in [3.05, 3.63) is 77.3 Å². The zero-order valence-electron chi connectivity index (χ0n) is 13.4. The third-order valence-corrected chi connectivity index (χ3v) is 4.40. The average Bonchev–Trinajstić information content (AvgIpc) is 2.62. The molecule has 0 unspecified atom stereocenters. The number of hydrogen-bond acceptors (Lipinski definition) is 5. The van der Waals surface area contributed by atoms with Crippen LogP contribution in [-0.4, -0.2) is 15.9 Å². The molecule has 0 atom stereocenters. The number of aryl methyl sites for hydroxylation is 1. The molecule has 0 fully saturated rings. The van der Waals surface area contributed by atoms with E-state index in [4.69, 9.17) is 11.6 Å². The van der Waals surface area contributed by atoms with Crippen LogP contribution in [0.3, 0.4) is 0 Å². The Bertz CT molecular complexity index is 886. The normalized spacial score (nSPS) is 10.3. The lowest BCUT2D eigenvalue weighted by atomic mass is 10.3. The molecule has 0 spiro atoms. The topological polar surface area (TPSA) is 66.9 Å². The Morgan fingerprint density at radius 2 is 1.92 bits per heavy atom. The van der Waals surface area contributed by atoms with Crippen LogP contribution in [0, 0.1) is 6.92 Å². The van der Waals surface area contributed by atoms with E-state index in [1.807, 2.05) is 55.5 Å². The molecule has 2 aromatic carbocycles. The van der Waals surface area contributed by atoms with Crippen molar-refractivity contribution in [2.45, 2.75) is 11.8 Å². The highest BCUT2D eigenvalue weighted by atomic mass is 35.5. The highest BCUT2D eigenvalue weighted by molar-refractivity contribution is 8.00. The summed E-state index contributed by atoms with van der Waals surface area (Å²) in [7, 11) is 0. The third-order valence-electron chi connectivity index (χ3n) is 3.26. The number of nitrogens with one attached hydrogen (secondary N) is 2. The minimum absolute atomic E-state index is 0.276. The van der Waals surface area contributed by atoms with Gasteiger partial charge in [0.15, 0.2) is 0 Å². The molecule has 25 heavy (non-hydrogen) atoms. The van der Waals surface area contributed by atoms with E-state index in [-0.39, 0.29) is 11.6 Å². The molecule has 0 aliphatic rings. The van der Waals surface area contributed by atoms with E-state index < -0.39 is 0 Å². The summed E-state index contributed by atoms with van der Waals surface area (Å²) in [6, 6.07) is 15.0. The number of aromatic nitrogens is 2. The van der Waals surface area contributed by atoms with Gasteiger partial charge in [-0.3, -0.25) is 9.78 Å².